The monoisotopic (exact) mass is 286 g/mol. The molecule has 5 nitrogen and oxygen atoms in total. The lowest BCUT2D eigenvalue weighted by atomic mass is 10.0. The number of carbonyl (C=O) groups excluding carboxylic acids is 1. The number of likely N-dealkylation sites (tertiary alicyclic amines) is 1. The Labute approximate surface area is 120 Å². The van der Waals surface area contributed by atoms with Gasteiger partial charge in [0, 0.05) is 31.9 Å². The second kappa shape index (κ2) is 6.39. The zero-order valence-corrected chi connectivity index (χ0v) is 12.9. The highest BCUT2D eigenvalue weighted by atomic mass is 35.5. The maximum atomic E-state index is 12.6. The van der Waals surface area contributed by atoms with E-state index in [0.29, 0.717) is 6.04 Å². The van der Waals surface area contributed by atoms with E-state index in [1.807, 2.05) is 32.8 Å². The minimum atomic E-state index is 0. The van der Waals surface area contributed by atoms with Crippen molar-refractivity contribution in [1.29, 1.82) is 0 Å². The molecule has 1 N–H and O–H groups in total. The number of rotatable bonds is 2. The molecule has 1 amide bonds. The van der Waals surface area contributed by atoms with Crippen LogP contribution in [-0.2, 0) is 7.05 Å². The van der Waals surface area contributed by atoms with Crippen molar-refractivity contribution >= 4 is 18.3 Å². The fourth-order valence-corrected chi connectivity index (χ4v) is 2.64. The van der Waals surface area contributed by atoms with Crippen molar-refractivity contribution in [2.24, 2.45) is 7.05 Å². The van der Waals surface area contributed by atoms with Gasteiger partial charge < -0.3 is 10.2 Å². The summed E-state index contributed by atoms with van der Waals surface area (Å²) < 4.78 is 1.78. The molecule has 1 atom stereocenters. The van der Waals surface area contributed by atoms with E-state index >= 15 is 0 Å². The topological polar surface area (TPSA) is 50.2 Å². The molecule has 1 saturated heterocycles. The molecule has 6 heteroatoms. The number of aryl methyl sites for hydroxylation is 2. The molecule has 0 radical (unpaired) electrons. The van der Waals surface area contributed by atoms with E-state index in [2.05, 4.69) is 10.4 Å². The molecule has 108 valence electrons. The Morgan fingerprint density at radius 1 is 1.42 bits per heavy atom. The van der Waals surface area contributed by atoms with Crippen molar-refractivity contribution in [2.75, 3.05) is 20.1 Å². The third-order valence-corrected chi connectivity index (χ3v) is 3.84. The molecule has 1 aromatic heterocycles. The van der Waals surface area contributed by atoms with Gasteiger partial charge in [0.1, 0.15) is 0 Å². The van der Waals surface area contributed by atoms with E-state index in [1.165, 1.54) is 0 Å². The predicted octanol–water partition coefficient (Wildman–Crippen LogP) is 1.28. The number of nitrogens with zero attached hydrogens (tertiary/aromatic N) is 3. The van der Waals surface area contributed by atoms with E-state index < -0.39 is 0 Å². The number of amides is 1. The van der Waals surface area contributed by atoms with Gasteiger partial charge in [-0.05, 0) is 33.7 Å². The number of nitrogens with one attached hydrogen (secondary N) is 1. The zero-order valence-electron chi connectivity index (χ0n) is 12.1. The van der Waals surface area contributed by atoms with Gasteiger partial charge in [-0.25, -0.2) is 0 Å². The molecule has 0 saturated carbocycles. The van der Waals surface area contributed by atoms with Gasteiger partial charge in [-0.1, -0.05) is 0 Å². The summed E-state index contributed by atoms with van der Waals surface area (Å²) in [7, 11) is 3.84. The summed E-state index contributed by atoms with van der Waals surface area (Å²) in [6.45, 7) is 5.50. The summed E-state index contributed by atoms with van der Waals surface area (Å²) in [6.07, 6.45) is 2.21. The molecule has 1 unspecified atom stereocenters. The predicted molar refractivity (Wildman–Crippen MR) is 77.9 cm³/mol. The van der Waals surface area contributed by atoms with Crippen LogP contribution in [0.5, 0.6) is 0 Å². The average molecular weight is 287 g/mol. The number of aromatic nitrogens is 2. The number of piperidine rings is 1. The SMILES string of the molecule is CNC1CCCN(C(=O)c2c(C)nn(C)c2C)C1.Cl. The standard InChI is InChI=1S/C13H22N4O.ClH/c1-9-12(10(2)16(4)15-9)13(18)17-7-5-6-11(8-17)14-3;/h11,14H,5-8H2,1-4H3;1H. The molecule has 0 spiro atoms. The highest BCUT2D eigenvalue weighted by Crippen LogP contribution is 2.18. The third-order valence-electron chi connectivity index (χ3n) is 3.84. The molecule has 1 aromatic rings. The molecule has 2 heterocycles. The van der Waals surface area contributed by atoms with Crippen LogP contribution in [0.25, 0.3) is 0 Å². The molecule has 0 aromatic carbocycles. The largest absolute Gasteiger partial charge is 0.337 e. The first-order valence-electron chi connectivity index (χ1n) is 6.51. The van der Waals surface area contributed by atoms with E-state index in [9.17, 15) is 4.79 Å². The highest BCUT2D eigenvalue weighted by molar-refractivity contribution is 5.96. The first kappa shape index (κ1) is 16.0. The van der Waals surface area contributed by atoms with Crippen LogP contribution in [0, 0.1) is 13.8 Å². The molecule has 0 bridgehead atoms. The molecule has 1 fully saturated rings. The Bertz CT molecular complexity index is 458. The van der Waals surface area contributed by atoms with Crippen LogP contribution in [0.4, 0.5) is 0 Å². The Balaban J connectivity index is 0.00000180. The van der Waals surface area contributed by atoms with Gasteiger partial charge in [0.05, 0.1) is 11.3 Å². The highest BCUT2D eigenvalue weighted by Gasteiger charge is 2.27. The van der Waals surface area contributed by atoms with Gasteiger partial charge in [0.15, 0.2) is 0 Å². The minimum Gasteiger partial charge on any atom is -0.337 e. The van der Waals surface area contributed by atoms with Crippen molar-refractivity contribution in [3.8, 4) is 0 Å². The quantitative estimate of drug-likeness (QED) is 0.891. The number of hydrogen-bond donors (Lipinski definition) is 1. The van der Waals surface area contributed by atoms with Crippen LogP contribution in [0.3, 0.4) is 0 Å². The second-order valence-corrected chi connectivity index (χ2v) is 5.05. The smallest absolute Gasteiger partial charge is 0.257 e. The van der Waals surface area contributed by atoms with E-state index in [1.54, 1.807) is 4.68 Å². The third kappa shape index (κ3) is 3.09. The first-order valence-corrected chi connectivity index (χ1v) is 6.51. The average Bonchev–Trinajstić information content (AvgIpc) is 2.62. The summed E-state index contributed by atoms with van der Waals surface area (Å²) in [5, 5.41) is 7.58. The van der Waals surface area contributed by atoms with Crippen LogP contribution in [0.15, 0.2) is 0 Å². The lowest BCUT2D eigenvalue weighted by Crippen LogP contribution is -2.47. The summed E-state index contributed by atoms with van der Waals surface area (Å²) >= 11 is 0. The van der Waals surface area contributed by atoms with Crippen molar-refractivity contribution in [3.05, 3.63) is 17.0 Å². The zero-order chi connectivity index (χ0) is 13.3. The Hall–Kier alpha value is -1.07. The normalized spacial score (nSPS) is 19.2. The van der Waals surface area contributed by atoms with Crippen LogP contribution < -0.4 is 5.32 Å². The molecular weight excluding hydrogens is 264 g/mol. The van der Waals surface area contributed by atoms with Crippen LogP contribution >= 0.6 is 12.4 Å². The minimum absolute atomic E-state index is 0. The maximum Gasteiger partial charge on any atom is 0.257 e. The first-order chi connectivity index (χ1) is 8.54. The van der Waals surface area contributed by atoms with Gasteiger partial charge >= 0.3 is 0 Å². The van der Waals surface area contributed by atoms with Crippen LogP contribution in [-0.4, -0.2) is 46.8 Å². The number of halogens is 1. The second-order valence-electron chi connectivity index (χ2n) is 5.05. The van der Waals surface area contributed by atoms with Gasteiger partial charge in [-0.3, -0.25) is 9.48 Å². The molecule has 1 aliphatic heterocycles. The van der Waals surface area contributed by atoms with Crippen molar-refractivity contribution in [2.45, 2.75) is 32.7 Å². The van der Waals surface area contributed by atoms with Gasteiger partial charge in [0.25, 0.3) is 5.91 Å². The Kier molecular flexibility index (Phi) is 5.38. The van der Waals surface area contributed by atoms with E-state index in [4.69, 9.17) is 0 Å². The Morgan fingerprint density at radius 3 is 2.63 bits per heavy atom. The maximum absolute atomic E-state index is 12.6. The van der Waals surface area contributed by atoms with Crippen molar-refractivity contribution in [1.82, 2.24) is 20.0 Å². The molecule has 2 rings (SSSR count). The fourth-order valence-electron chi connectivity index (χ4n) is 2.64. The summed E-state index contributed by atoms with van der Waals surface area (Å²) in [5.41, 5.74) is 2.55. The fraction of sp³-hybridized carbons (Fsp3) is 0.692. The van der Waals surface area contributed by atoms with Crippen LogP contribution in [0.2, 0.25) is 0 Å². The van der Waals surface area contributed by atoms with Gasteiger partial charge in [0.2, 0.25) is 0 Å². The van der Waals surface area contributed by atoms with Crippen molar-refractivity contribution in [3.63, 3.8) is 0 Å². The lowest BCUT2D eigenvalue weighted by Gasteiger charge is -2.32. The molecular formula is C13H23ClN4O. The molecule has 19 heavy (non-hydrogen) atoms. The number of likely N-dealkylation sites (N-methyl/N-ethyl adjacent to an activating group) is 1. The van der Waals surface area contributed by atoms with Gasteiger partial charge in [-0.2, -0.15) is 5.10 Å². The summed E-state index contributed by atoms with van der Waals surface area (Å²) in [6, 6.07) is 0.417. The molecule has 1 aliphatic rings. The van der Waals surface area contributed by atoms with Crippen molar-refractivity contribution < 1.29 is 4.79 Å². The Morgan fingerprint density at radius 2 is 2.11 bits per heavy atom. The van der Waals surface area contributed by atoms with E-state index in [-0.39, 0.29) is 18.3 Å². The summed E-state index contributed by atoms with van der Waals surface area (Å²) in [5.74, 6) is 0.123. The lowest BCUT2D eigenvalue weighted by molar-refractivity contribution is 0.0696. The van der Waals surface area contributed by atoms with Crippen LogP contribution in [0.1, 0.15) is 34.6 Å². The molecule has 0 aliphatic carbocycles. The van der Waals surface area contributed by atoms with E-state index in [0.717, 1.165) is 42.9 Å². The number of carbonyl (C=O) groups is 1. The summed E-state index contributed by atoms with van der Waals surface area (Å²) in [4.78, 5) is 14.5. The number of hydrogen-bond acceptors (Lipinski definition) is 3. The van der Waals surface area contributed by atoms with Gasteiger partial charge in [-0.15, -0.1) is 12.4 Å².